The van der Waals surface area contributed by atoms with Gasteiger partial charge < -0.3 is 0 Å². The topological polar surface area (TPSA) is 63.2 Å². The second-order valence-electron chi connectivity index (χ2n) is 3.17. The lowest BCUT2D eigenvalue weighted by Gasteiger charge is -2.05. The molecule has 0 radical (unpaired) electrons. The summed E-state index contributed by atoms with van der Waals surface area (Å²) in [4.78, 5) is 11.2. The lowest BCUT2D eigenvalue weighted by atomic mass is 10.2. The zero-order valence-corrected chi connectivity index (χ0v) is 11.1. The van der Waals surface area contributed by atoms with Crippen LogP contribution in [0.25, 0.3) is 0 Å². The van der Waals surface area contributed by atoms with E-state index in [2.05, 4.69) is 20.7 Å². The van der Waals surface area contributed by atoms with Gasteiger partial charge in [0.15, 0.2) is 5.78 Å². The molecule has 0 atom stereocenters. The molecule has 6 heteroatoms. The van der Waals surface area contributed by atoms with Crippen molar-refractivity contribution in [3.05, 3.63) is 29.8 Å². The molecule has 0 amide bonds. The summed E-state index contributed by atoms with van der Waals surface area (Å²) in [6, 6.07) is 5.98. The predicted octanol–water partition coefficient (Wildman–Crippen LogP) is 1.56. The number of rotatable bonds is 5. The first-order valence-corrected chi connectivity index (χ1v) is 7.24. The predicted molar refractivity (Wildman–Crippen MR) is 65.4 cm³/mol. The zero-order valence-electron chi connectivity index (χ0n) is 8.73. The van der Waals surface area contributed by atoms with Crippen LogP contribution in [0.3, 0.4) is 0 Å². The third-order valence-corrected chi connectivity index (χ3v) is 3.79. The van der Waals surface area contributed by atoms with E-state index < -0.39 is 10.0 Å². The fourth-order valence-electron chi connectivity index (χ4n) is 1.14. The van der Waals surface area contributed by atoms with Gasteiger partial charge in [0.2, 0.25) is 10.0 Å². The maximum Gasteiger partial charge on any atom is 0.240 e. The molecule has 0 aliphatic carbocycles. The molecular weight excluding hydrogens is 294 g/mol. The molecule has 0 heterocycles. The van der Waals surface area contributed by atoms with Crippen LogP contribution in [0.2, 0.25) is 0 Å². The first-order valence-electron chi connectivity index (χ1n) is 4.64. The lowest BCUT2D eigenvalue weighted by molar-refractivity contribution is 0.101. The van der Waals surface area contributed by atoms with Gasteiger partial charge in [0.25, 0.3) is 0 Å². The molecule has 0 saturated carbocycles. The monoisotopic (exact) mass is 305 g/mol. The van der Waals surface area contributed by atoms with Gasteiger partial charge in [-0.1, -0.05) is 28.1 Å². The van der Waals surface area contributed by atoms with E-state index >= 15 is 0 Å². The fourth-order valence-corrected chi connectivity index (χ4v) is 2.68. The maximum absolute atomic E-state index is 11.7. The minimum Gasteiger partial charge on any atom is -0.295 e. The van der Waals surface area contributed by atoms with Gasteiger partial charge in [0.1, 0.15) is 0 Å². The van der Waals surface area contributed by atoms with Crippen molar-refractivity contribution >= 4 is 31.7 Å². The highest BCUT2D eigenvalue weighted by Crippen LogP contribution is 2.11. The van der Waals surface area contributed by atoms with E-state index in [0.29, 0.717) is 17.4 Å². The number of benzene rings is 1. The minimum atomic E-state index is -3.51. The van der Waals surface area contributed by atoms with Crippen molar-refractivity contribution in [2.24, 2.45) is 0 Å². The number of halogens is 1. The van der Waals surface area contributed by atoms with Gasteiger partial charge in [0.05, 0.1) is 4.90 Å². The summed E-state index contributed by atoms with van der Waals surface area (Å²) in [5.41, 5.74) is 0.390. The first-order chi connectivity index (χ1) is 7.47. The highest BCUT2D eigenvalue weighted by molar-refractivity contribution is 9.09. The Balaban J connectivity index is 3.04. The van der Waals surface area contributed by atoms with E-state index in [1.54, 1.807) is 12.1 Å². The molecule has 0 saturated heterocycles. The van der Waals surface area contributed by atoms with Gasteiger partial charge in [-0.15, -0.1) is 0 Å². The van der Waals surface area contributed by atoms with Crippen LogP contribution in [0.15, 0.2) is 29.2 Å². The van der Waals surface area contributed by atoms with E-state index in [-0.39, 0.29) is 10.7 Å². The molecule has 0 spiro atoms. The Morgan fingerprint density at radius 2 is 2.12 bits per heavy atom. The van der Waals surface area contributed by atoms with Crippen LogP contribution >= 0.6 is 15.9 Å². The Morgan fingerprint density at radius 3 is 2.69 bits per heavy atom. The summed E-state index contributed by atoms with van der Waals surface area (Å²) in [6.07, 6.45) is 0. The van der Waals surface area contributed by atoms with Crippen LogP contribution in [0, 0.1) is 0 Å². The van der Waals surface area contributed by atoms with Crippen molar-refractivity contribution in [1.82, 2.24) is 4.72 Å². The molecule has 1 rings (SSSR count). The van der Waals surface area contributed by atoms with Crippen LogP contribution in [0.4, 0.5) is 0 Å². The second-order valence-corrected chi connectivity index (χ2v) is 5.73. The van der Waals surface area contributed by atoms with Crippen LogP contribution in [0.1, 0.15) is 17.3 Å². The molecule has 16 heavy (non-hydrogen) atoms. The number of hydrogen-bond acceptors (Lipinski definition) is 3. The molecule has 0 aliphatic rings. The standard InChI is InChI=1S/C10H12BrNO3S/c1-8(13)9-3-2-4-10(7-9)16(14,15)12-6-5-11/h2-4,7,12H,5-6H2,1H3. The van der Waals surface area contributed by atoms with E-state index in [1.807, 2.05) is 0 Å². The zero-order chi connectivity index (χ0) is 12.2. The summed E-state index contributed by atoms with van der Waals surface area (Å²) >= 11 is 3.13. The van der Waals surface area contributed by atoms with Gasteiger partial charge in [-0.25, -0.2) is 13.1 Å². The average molecular weight is 306 g/mol. The van der Waals surface area contributed by atoms with Crippen molar-refractivity contribution in [3.63, 3.8) is 0 Å². The number of carbonyl (C=O) groups excluding carboxylic acids is 1. The second kappa shape index (κ2) is 5.56. The third kappa shape index (κ3) is 3.40. The number of nitrogens with one attached hydrogen (secondary N) is 1. The molecular formula is C10H12BrNO3S. The highest BCUT2D eigenvalue weighted by atomic mass is 79.9. The molecule has 1 N–H and O–H groups in total. The summed E-state index contributed by atoms with van der Waals surface area (Å²) in [6.45, 7) is 1.71. The average Bonchev–Trinajstić information content (AvgIpc) is 2.26. The van der Waals surface area contributed by atoms with Crippen LogP contribution < -0.4 is 4.72 Å². The number of alkyl halides is 1. The van der Waals surface area contributed by atoms with Gasteiger partial charge in [0, 0.05) is 17.4 Å². The first kappa shape index (κ1) is 13.3. The number of Topliss-reactive ketones (excluding diaryl/α,β-unsaturated/α-hetero) is 1. The molecule has 1 aromatic carbocycles. The summed E-state index contributed by atoms with van der Waals surface area (Å²) in [7, 11) is -3.51. The van der Waals surface area contributed by atoms with E-state index in [1.165, 1.54) is 19.1 Å². The largest absolute Gasteiger partial charge is 0.295 e. The van der Waals surface area contributed by atoms with E-state index in [4.69, 9.17) is 0 Å². The van der Waals surface area contributed by atoms with E-state index in [9.17, 15) is 13.2 Å². The van der Waals surface area contributed by atoms with Crippen LogP contribution in [0.5, 0.6) is 0 Å². The third-order valence-electron chi connectivity index (χ3n) is 1.94. The minimum absolute atomic E-state index is 0.112. The van der Waals surface area contributed by atoms with Gasteiger partial charge in [-0.05, 0) is 19.1 Å². The molecule has 0 unspecified atom stereocenters. The Morgan fingerprint density at radius 1 is 1.44 bits per heavy atom. The van der Waals surface area contributed by atoms with Gasteiger partial charge >= 0.3 is 0 Å². The SMILES string of the molecule is CC(=O)c1cccc(S(=O)(=O)NCCBr)c1. The van der Waals surface area contributed by atoms with Crippen LogP contribution in [-0.2, 0) is 10.0 Å². The highest BCUT2D eigenvalue weighted by Gasteiger charge is 2.14. The maximum atomic E-state index is 11.7. The Bertz CT molecular complexity index is 485. The molecule has 1 aromatic rings. The van der Waals surface area contributed by atoms with Crippen molar-refractivity contribution in [2.45, 2.75) is 11.8 Å². The number of ketones is 1. The lowest BCUT2D eigenvalue weighted by Crippen LogP contribution is -2.25. The quantitative estimate of drug-likeness (QED) is 0.663. The van der Waals surface area contributed by atoms with Gasteiger partial charge in [-0.3, -0.25) is 4.79 Å². The van der Waals surface area contributed by atoms with Crippen molar-refractivity contribution < 1.29 is 13.2 Å². The Kier molecular flexibility index (Phi) is 4.64. The van der Waals surface area contributed by atoms with Crippen molar-refractivity contribution in [1.29, 1.82) is 0 Å². The smallest absolute Gasteiger partial charge is 0.240 e. The summed E-state index contributed by atoms with van der Waals surface area (Å²) < 4.78 is 25.9. The number of sulfonamides is 1. The van der Waals surface area contributed by atoms with Crippen molar-refractivity contribution in [2.75, 3.05) is 11.9 Å². The number of carbonyl (C=O) groups is 1. The fraction of sp³-hybridized carbons (Fsp3) is 0.300. The molecule has 0 aromatic heterocycles. The Hall–Kier alpha value is -0.720. The number of hydrogen-bond donors (Lipinski definition) is 1. The van der Waals surface area contributed by atoms with Crippen LogP contribution in [-0.4, -0.2) is 26.1 Å². The molecule has 0 fully saturated rings. The molecule has 4 nitrogen and oxygen atoms in total. The van der Waals surface area contributed by atoms with E-state index in [0.717, 1.165) is 0 Å². The molecule has 88 valence electrons. The normalized spacial score (nSPS) is 11.4. The summed E-state index contributed by atoms with van der Waals surface area (Å²) in [5, 5.41) is 0.540. The molecule has 0 bridgehead atoms. The van der Waals surface area contributed by atoms with Crippen molar-refractivity contribution in [3.8, 4) is 0 Å². The summed E-state index contributed by atoms with van der Waals surface area (Å²) in [5.74, 6) is -0.155. The Labute approximate surface area is 103 Å². The van der Waals surface area contributed by atoms with Gasteiger partial charge in [-0.2, -0.15) is 0 Å². The molecule has 0 aliphatic heterocycles.